The third-order valence-corrected chi connectivity index (χ3v) is 5.35. The Labute approximate surface area is 126 Å². The fourth-order valence-corrected chi connectivity index (χ4v) is 4.17. The van der Waals surface area contributed by atoms with Gasteiger partial charge in [0.2, 0.25) is 0 Å². The topological polar surface area (TPSA) is 24.3 Å². The Morgan fingerprint density at radius 2 is 2.30 bits per heavy atom. The number of nitrogens with zero attached hydrogens (tertiary/aromatic N) is 4. The van der Waals surface area contributed by atoms with Crippen LogP contribution in [0.15, 0.2) is 12.4 Å². The molecule has 4 nitrogen and oxygen atoms in total. The standard InChI is InChI=1S/C15H26N4S/c1-17-9-13(8-16-17)10-19-12-14-4-3-6-18(14)11-15(19)5-7-20-2/h8-9,14-15H,3-7,10-12H2,1-2H3/t14-,15+/m0/s1. The van der Waals surface area contributed by atoms with Gasteiger partial charge in [-0.3, -0.25) is 14.5 Å². The van der Waals surface area contributed by atoms with Gasteiger partial charge in [0.25, 0.3) is 0 Å². The minimum Gasteiger partial charge on any atom is -0.298 e. The third kappa shape index (κ3) is 3.21. The van der Waals surface area contributed by atoms with E-state index in [0.29, 0.717) is 0 Å². The summed E-state index contributed by atoms with van der Waals surface area (Å²) in [5, 5.41) is 4.31. The normalized spacial score (nSPS) is 27.9. The van der Waals surface area contributed by atoms with Crippen molar-refractivity contribution in [1.82, 2.24) is 19.6 Å². The van der Waals surface area contributed by atoms with Gasteiger partial charge in [-0.1, -0.05) is 0 Å². The van der Waals surface area contributed by atoms with Gasteiger partial charge in [0.05, 0.1) is 6.20 Å². The van der Waals surface area contributed by atoms with E-state index in [1.807, 2.05) is 29.7 Å². The molecule has 2 atom stereocenters. The second-order valence-corrected chi connectivity index (χ2v) is 7.16. The van der Waals surface area contributed by atoms with Crippen LogP contribution in [0.4, 0.5) is 0 Å². The van der Waals surface area contributed by atoms with E-state index in [2.05, 4.69) is 27.4 Å². The molecule has 5 heteroatoms. The van der Waals surface area contributed by atoms with Crippen molar-refractivity contribution in [3.8, 4) is 0 Å². The molecule has 0 bridgehead atoms. The van der Waals surface area contributed by atoms with Crippen LogP contribution in [0.3, 0.4) is 0 Å². The van der Waals surface area contributed by atoms with Gasteiger partial charge in [-0.15, -0.1) is 0 Å². The SMILES string of the molecule is CSCC[C@@H]1CN2CCC[C@H]2CN1Cc1cnn(C)c1. The summed E-state index contributed by atoms with van der Waals surface area (Å²) in [6.07, 6.45) is 10.5. The van der Waals surface area contributed by atoms with Crippen molar-refractivity contribution >= 4 is 11.8 Å². The molecular formula is C15H26N4S. The summed E-state index contributed by atoms with van der Waals surface area (Å²) in [6, 6.07) is 1.52. The fraction of sp³-hybridized carbons (Fsp3) is 0.800. The van der Waals surface area contributed by atoms with Gasteiger partial charge in [-0.25, -0.2) is 0 Å². The van der Waals surface area contributed by atoms with Crippen molar-refractivity contribution < 1.29 is 0 Å². The summed E-state index contributed by atoms with van der Waals surface area (Å²) >= 11 is 1.97. The van der Waals surface area contributed by atoms with E-state index in [9.17, 15) is 0 Å². The van der Waals surface area contributed by atoms with E-state index < -0.39 is 0 Å². The minimum absolute atomic E-state index is 0.719. The van der Waals surface area contributed by atoms with Crippen LogP contribution in [0.2, 0.25) is 0 Å². The van der Waals surface area contributed by atoms with E-state index in [-0.39, 0.29) is 0 Å². The Balaban J connectivity index is 1.67. The lowest BCUT2D eigenvalue weighted by atomic mass is 10.0. The maximum Gasteiger partial charge on any atom is 0.0534 e. The predicted molar refractivity (Wildman–Crippen MR) is 85.0 cm³/mol. The maximum absolute atomic E-state index is 4.31. The molecule has 2 aliphatic rings. The van der Waals surface area contributed by atoms with Gasteiger partial charge in [0.1, 0.15) is 0 Å². The first kappa shape index (κ1) is 14.4. The molecule has 1 aromatic rings. The zero-order chi connectivity index (χ0) is 13.9. The highest BCUT2D eigenvalue weighted by Gasteiger charge is 2.35. The number of thioether (sulfide) groups is 1. The average Bonchev–Trinajstić information content (AvgIpc) is 3.04. The molecule has 20 heavy (non-hydrogen) atoms. The van der Waals surface area contributed by atoms with Crippen LogP contribution >= 0.6 is 11.8 Å². The predicted octanol–water partition coefficient (Wildman–Crippen LogP) is 1.82. The zero-order valence-corrected chi connectivity index (χ0v) is 13.5. The summed E-state index contributed by atoms with van der Waals surface area (Å²) in [7, 11) is 2.00. The summed E-state index contributed by atoms with van der Waals surface area (Å²) < 4.78 is 1.91. The molecule has 0 aromatic carbocycles. The molecule has 112 valence electrons. The molecule has 2 saturated heterocycles. The van der Waals surface area contributed by atoms with Crippen molar-refractivity contribution in [3.63, 3.8) is 0 Å². The first-order valence-corrected chi connectivity index (χ1v) is 9.10. The number of rotatable bonds is 5. The zero-order valence-electron chi connectivity index (χ0n) is 12.7. The van der Waals surface area contributed by atoms with Gasteiger partial charge in [0.15, 0.2) is 0 Å². The molecule has 1 aromatic heterocycles. The summed E-state index contributed by atoms with van der Waals surface area (Å²) in [4.78, 5) is 5.43. The van der Waals surface area contributed by atoms with E-state index >= 15 is 0 Å². The monoisotopic (exact) mass is 294 g/mol. The Bertz CT molecular complexity index is 433. The number of hydrogen-bond acceptors (Lipinski definition) is 4. The highest BCUT2D eigenvalue weighted by atomic mass is 32.2. The van der Waals surface area contributed by atoms with Crippen molar-refractivity contribution in [2.75, 3.05) is 31.6 Å². The second kappa shape index (κ2) is 6.50. The van der Waals surface area contributed by atoms with Crippen molar-refractivity contribution in [3.05, 3.63) is 18.0 Å². The number of aryl methyl sites for hydroxylation is 1. The van der Waals surface area contributed by atoms with Crippen LogP contribution in [0, 0.1) is 0 Å². The largest absolute Gasteiger partial charge is 0.298 e. The molecule has 3 heterocycles. The smallest absolute Gasteiger partial charge is 0.0534 e. The van der Waals surface area contributed by atoms with E-state index in [4.69, 9.17) is 0 Å². The first-order valence-electron chi connectivity index (χ1n) is 7.71. The fourth-order valence-electron chi connectivity index (χ4n) is 3.66. The molecule has 0 spiro atoms. The molecule has 0 radical (unpaired) electrons. The number of hydrogen-bond donors (Lipinski definition) is 0. The lowest BCUT2D eigenvalue weighted by Gasteiger charge is -2.43. The summed E-state index contributed by atoms with van der Waals surface area (Å²) in [5.74, 6) is 1.27. The summed E-state index contributed by atoms with van der Waals surface area (Å²) in [5.41, 5.74) is 1.35. The molecule has 0 N–H and O–H groups in total. The minimum atomic E-state index is 0.719. The quantitative estimate of drug-likeness (QED) is 0.827. The van der Waals surface area contributed by atoms with Crippen LogP contribution in [0.1, 0.15) is 24.8 Å². The van der Waals surface area contributed by atoms with Gasteiger partial charge in [-0.05, 0) is 37.8 Å². The molecule has 2 fully saturated rings. The molecule has 0 unspecified atom stereocenters. The first-order chi connectivity index (χ1) is 9.76. The average molecular weight is 294 g/mol. The highest BCUT2D eigenvalue weighted by molar-refractivity contribution is 7.98. The molecule has 0 saturated carbocycles. The highest BCUT2D eigenvalue weighted by Crippen LogP contribution is 2.27. The van der Waals surface area contributed by atoms with Crippen LogP contribution in [0.25, 0.3) is 0 Å². The molecule has 3 rings (SSSR count). The van der Waals surface area contributed by atoms with Gasteiger partial charge in [-0.2, -0.15) is 16.9 Å². The number of piperazine rings is 1. The van der Waals surface area contributed by atoms with Gasteiger partial charge >= 0.3 is 0 Å². The molecule has 0 amide bonds. The molecule has 0 aliphatic carbocycles. The van der Waals surface area contributed by atoms with E-state index in [1.54, 1.807) is 0 Å². The lowest BCUT2D eigenvalue weighted by molar-refractivity contribution is 0.0442. The van der Waals surface area contributed by atoms with Crippen molar-refractivity contribution in [1.29, 1.82) is 0 Å². The Kier molecular flexibility index (Phi) is 4.68. The van der Waals surface area contributed by atoms with Crippen molar-refractivity contribution in [2.24, 2.45) is 7.05 Å². The Morgan fingerprint density at radius 1 is 1.40 bits per heavy atom. The van der Waals surface area contributed by atoms with Crippen LogP contribution in [0.5, 0.6) is 0 Å². The Morgan fingerprint density at radius 3 is 3.05 bits per heavy atom. The second-order valence-electron chi connectivity index (χ2n) is 6.18. The van der Waals surface area contributed by atoms with Gasteiger partial charge in [0, 0.05) is 50.5 Å². The van der Waals surface area contributed by atoms with E-state index in [1.165, 1.54) is 50.2 Å². The summed E-state index contributed by atoms with van der Waals surface area (Å²) in [6.45, 7) is 4.90. The van der Waals surface area contributed by atoms with Gasteiger partial charge < -0.3 is 0 Å². The molecular weight excluding hydrogens is 268 g/mol. The number of aromatic nitrogens is 2. The van der Waals surface area contributed by atoms with Crippen molar-refractivity contribution in [2.45, 2.75) is 37.9 Å². The third-order valence-electron chi connectivity index (χ3n) is 4.71. The number of fused-ring (bicyclic) bond motifs is 1. The van der Waals surface area contributed by atoms with E-state index in [0.717, 1.165) is 18.6 Å². The van der Waals surface area contributed by atoms with Crippen LogP contribution < -0.4 is 0 Å². The van der Waals surface area contributed by atoms with Crippen LogP contribution in [-0.4, -0.2) is 63.3 Å². The molecule has 2 aliphatic heterocycles. The maximum atomic E-state index is 4.31. The lowest BCUT2D eigenvalue weighted by Crippen LogP contribution is -2.55. The Hall–Kier alpha value is -0.520. The van der Waals surface area contributed by atoms with Crippen LogP contribution in [-0.2, 0) is 13.6 Å².